The van der Waals surface area contributed by atoms with Crippen LogP contribution >= 0.6 is 0 Å². The first kappa shape index (κ1) is 17.2. The van der Waals surface area contributed by atoms with E-state index in [0.29, 0.717) is 19.1 Å². The van der Waals surface area contributed by atoms with Gasteiger partial charge in [-0.2, -0.15) is 0 Å². The Labute approximate surface area is 130 Å². The average Bonchev–Trinajstić information content (AvgIpc) is 2.48. The fourth-order valence-corrected chi connectivity index (χ4v) is 4.57. The number of ether oxygens (including phenoxy) is 1. The predicted octanol–water partition coefficient (Wildman–Crippen LogP) is 3.49. The van der Waals surface area contributed by atoms with Gasteiger partial charge in [-0.3, -0.25) is 0 Å². The standard InChI is InChI=1S/C18H35NO2/c1-4-5-15-6-8-17(13-19,9-7-15)18(20)10-11-21-16(12-18)14(2)3/h14-16,20H,4-13,19H2,1-3H3. The molecule has 3 heteroatoms. The van der Waals surface area contributed by atoms with Crippen LogP contribution in [-0.2, 0) is 4.74 Å². The first-order chi connectivity index (χ1) is 9.96. The summed E-state index contributed by atoms with van der Waals surface area (Å²) in [7, 11) is 0. The Bertz CT molecular complexity index is 323. The lowest BCUT2D eigenvalue weighted by molar-refractivity contribution is -0.185. The van der Waals surface area contributed by atoms with Gasteiger partial charge < -0.3 is 15.6 Å². The van der Waals surface area contributed by atoms with Crippen LogP contribution in [0.5, 0.6) is 0 Å². The van der Waals surface area contributed by atoms with Crippen LogP contribution in [0.2, 0.25) is 0 Å². The van der Waals surface area contributed by atoms with E-state index < -0.39 is 5.60 Å². The van der Waals surface area contributed by atoms with E-state index in [1.807, 2.05) is 0 Å². The SMILES string of the molecule is CCCC1CCC(CN)(C2(O)CCOC(C(C)C)C2)CC1. The predicted molar refractivity (Wildman–Crippen MR) is 87.1 cm³/mol. The lowest BCUT2D eigenvalue weighted by atomic mass is 9.57. The Hall–Kier alpha value is -0.120. The second-order valence-corrected chi connectivity index (χ2v) is 7.86. The Morgan fingerprint density at radius 1 is 1.24 bits per heavy atom. The highest BCUT2D eigenvalue weighted by Crippen LogP contribution is 2.51. The van der Waals surface area contributed by atoms with E-state index in [-0.39, 0.29) is 11.5 Å². The van der Waals surface area contributed by atoms with Gasteiger partial charge in [0.15, 0.2) is 0 Å². The summed E-state index contributed by atoms with van der Waals surface area (Å²) < 4.78 is 5.87. The van der Waals surface area contributed by atoms with Crippen molar-refractivity contribution in [1.29, 1.82) is 0 Å². The van der Waals surface area contributed by atoms with Gasteiger partial charge in [0.2, 0.25) is 0 Å². The molecule has 1 saturated heterocycles. The van der Waals surface area contributed by atoms with Gasteiger partial charge in [-0.1, -0.05) is 33.6 Å². The molecule has 0 bridgehead atoms. The van der Waals surface area contributed by atoms with Crippen LogP contribution in [0.3, 0.4) is 0 Å². The minimum atomic E-state index is -0.619. The number of nitrogens with two attached hydrogens (primary N) is 1. The van der Waals surface area contributed by atoms with E-state index in [9.17, 15) is 5.11 Å². The first-order valence-corrected chi connectivity index (χ1v) is 9.00. The van der Waals surface area contributed by atoms with Crippen molar-refractivity contribution in [3.8, 4) is 0 Å². The largest absolute Gasteiger partial charge is 0.389 e. The maximum absolute atomic E-state index is 11.4. The second kappa shape index (κ2) is 6.97. The van der Waals surface area contributed by atoms with E-state index in [1.165, 1.54) is 25.7 Å². The first-order valence-electron chi connectivity index (χ1n) is 9.00. The zero-order valence-corrected chi connectivity index (χ0v) is 14.2. The maximum atomic E-state index is 11.4. The molecule has 0 radical (unpaired) electrons. The van der Waals surface area contributed by atoms with E-state index in [4.69, 9.17) is 10.5 Å². The Balaban J connectivity index is 2.09. The molecule has 0 amide bonds. The van der Waals surface area contributed by atoms with Crippen LogP contribution in [0.15, 0.2) is 0 Å². The van der Waals surface area contributed by atoms with Crippen molar-refractivity contribution in [1.82, 2.24) is 0 Å². The van der Waals surface area contributed by atoms with Crippen LogP contribution in [0.4, 0.5) is 0 Å². The third kappa shape index (κ3) is 3.46. The quantitative estimate of drug-likeness (QED) is 0.816. The Kier molecular flexibility index (Phi) is 5.72. The molecule has 1 aliphatic carbocycles. The molecule has 2 aliphatic rings. The third-order valence-electron chi connectivity index (χ3n) is 6.27. The highest BCUT2D eigenvalue weighted by atomic mass is 16.5. The van der Waals surface area contributed by atoms with Gasteiger partial charge in [-0.25, -0.2) is 0 Å². The highest BCUT2D eigenvalue weighted by molar-refractivity contribution is 5.04. The average molecular weight is 297 g/mol. The summed E-state index contributed by atoms with van der Waals surface area (Å²) in [4.78, 5) is 0. The van der Waals surface area contributed by atoms with E-state index in [1.54, 1.807) is 0 Å². The normalized spacial score (nSPS) is 41.4. The van der Waals surface area contributed by atoms with Crippen molar-refractivity contribution in [2.75, 3.05) is 13.2 Å². The van der Waals surface area contributed by atoms with Crippen molar-refractivity contribution >= 4 is 0 Å². The Morgan fingerprint density at radius 3 is 2.43 bits per heavy atom. The summed E-state index contributed by atoms with van der Waals surface area (Å²) in [5.41, 5.74) is 5.50. The number of hydrogen-bond donors (Lipinski definition) is 2. The fourth-order valence-electron chi connectivity index (χ4n) is 4.57. The topological polar surface area (TPSA) is 55.5 Å². The van der Waals surface area contributed by atoms with Crippen molar-refractivity contribution in [3.05, 3.63) is 0 Å². The molecule has 21 heavy (non-hydrogen) atoms. The molecule has 124 valence electrons. The summed E-state index contributed by atoms with van der Waals surface area (Å²) in [5, 5.41) is 11.4. The van der Waals surface area contributed by atoms with Crippen LogP contribution < -0.4 is 5.73 Å². The highest BCUT2D eigenvalue weighted by Gasteiger charge is 2.53. The monoisotopic (exact) mass is 297 g/mol. The minimum absolute atomic E-state index is 0.0752. The molecule has 1 heterocycles. The van der Waals surface area contributed by atoms with Gasteiger partial charge in [0, 0.05) is 31.4 Å². The molecule has 0 aromatic heterocycles. The van der Waals surface area contributed by atoms with Gasteiger partial charge in [-0.05, 0) is 37.5 Å². The number of aliphatic hydroxyl groups is 1. The second-order valence-electron chi connectivity index (χ2n) is 7.86. The minimum Gasteiger partial charge on any atom is -0.389 e. The fraction of sp³-hybridized carbons (Fsp3) is 1.00. The van der Waals surface area contributed by atoms with E-state index >= 15 is 0 Å². The van der Waals surface area contributed by atoms with Crippen molar-refractivity contribution in [2.24, 2.45) is 23.0 Å². The summed E-state index contributed by atoms with van der Waals surface area (Å²) in [6.45, 7) is 7.93. The molecule has 1 saturated carbocycles. The summed E-state index contributed by atoms with van der Waals surface area (Å²) in [5.74, 6) is 1.31. The van der Waals surface area contributed by atoms with Crippen molar-refractivity contribution in [2.45, 2.75) is 83.8 Å². The van der Waals surface area contributed by atoms with E-state index in [0.717, 1.165) is 31.6 Å². The molecule has 0 aromatic carbocycles. The Morgan fingerprint density at radius 2 is 1.90 bits per heavy atom. The lowest BCUT2D eigenvalue weighted by Gasteiger charge is -2.54. The van der Waals surface area contributed by atoms with Crippen molar-refractivity contribution in [3.63, 3.8) is 0 Å². The molecular formula is C18H35NO2. The zero-order valence-electron chi connectivity index (χ0n) is 14.2. The molecular weight excluding hydrogens is 262 g/mol. The molecule has 2 rings (SSSR count). The lowest BCUT2D eigenvalue weighted by Crippen LogP contribution is -2.58. The molecule has 0 spiro atoms. The van der Waals surface area contributed by atoms with Gasteiger partial charge in [-0.15, -0.1) is 0 Å². The molecule has 3 nitrogen and oxygen atoms in total. The number of hydrogen-bond acceptors (Lipinski definition) is 3. The summed E-state index contributed by atoms with van der Waals surface area (Å²) >= 11 is 0. The molecule has 3 N–H and O–H groups in total. The van der Waals surface area contributed by atoms with Crippen molar-refractivity contribution < 1.29 is 9.84 Å². The molecule has 2 fully saturated rings. The van der Waals surface area contributed by atoms with Gasteiger partial charge in [0.1, 0.15) is 0 Å². The third-order valence-corrected chi connectivity index (χ3v) is 6.27. The number of rotatable bonds is 5. The van der Waals surface area contributed by atoms with Crippen LogP contribution in [-0.4, -0.2) is 30.0 Å². The van der Waals surface area contributed by atoms with Gasteiger partial charge in [0.25, 0.3) is 0 Å². The van der Waals surface area contributed by atoms with Gasteiger partial charge in [0.05, 0.1) is 11.7 Å². The van der Waals surface area contributed by atoms with Crippen LogP contribution in [0.1, 0.15) is 72.1 Å². The van der Waals surface area contributed by atoms with E-state index in [2.05, 4.69) is 20.8 Å². The molecule has 1 aliphatic heterocycles. The van der Waals surface area contributed by atoms with Crippen LogP contribution in [0, 0.1) is 17.3 Å². The molecule has 2 atom stereocenters. The summed E-state index contributed by atoms with van der Waals surface area (Å²) in [6, 6.07) is 0. The van der Waals surface area contributed by atoms with Crippen LogP contribution in [0.25, 0.3) is 0 Å². The molecule has 0 aromatic rings. The zero-order chi connectivity index (χ0) is 15.5. The molecule has 2 unspecified atom stereocenters. The van der Waals surface area contributed by atoms with Gasteiger partial charge >= 0.3 is 0 Å². The smallest absolute Gasteiger partial charge is 0.0762 e. The summed E-state index contributed by atoms with van der Waals surface area (Å²) in [6.07, 6.45) is 8.96. The maximum Gasteiger partial charge on any atom is 0.0762 e.